The van der Waals surface area contributed by atoms with Crippen LogP contribution in [0.15, 0.2) is 47.6 Å². The number of amides is 1. The first-order valence-electron chi connectivity index (χ1n) is 27.2. The summed E-state index contributed by atoms with van der Waals surface area (Å²) in [5.74, 6) is -9.28. The zero-order valence-corrected chi connectivity index (χ0v) is 45.4. The number of carbonyl (C=O) groups is 6. The molecule has 16 unspecified atom stereocenters. The SMILES string of the molecule is COC1CC(CC(C)C2CC(=O)C(C)/C=C(\C)C(O)C(OC)C(=O)C(C)CC(C)/C=C/C=C/C=C(\C)C(OCC3CCO3)CC3CCC(C)C(O)(O3)C(=O)C(=O)N3CCCCC3C(=O)O2)CCC1OCCC(=O)O. The average molecular weight is 1040 g/mol. The number of Topliss-reactive ketones (excluding diaryl/α,β-unsaturated/α-hetero) is 3. The Morgan fingerprint density at radius 3 is 2.30 bits per heavy atom. The number of aliphatic hydroxyl groups is 2. The van der Waals surface area contributed by atoms with Gasteiger partial charge in [-0.25, -0.2) is 4.79 Å². The second kappa shape index (κ2) is 29.0. The number of methoxy groups -OCH3 is 2. The van der Waals surface area contributed by atoms with Crippen molar-refractivity contribution >= 4 is 35.2 Å². The van der Waals surface area contributed by atoms with Gasteiger partial charge < -0.3 is 53.4 Å². The molecule has 0 spiro atoms. The van der Waals surface area contributed by atoms with Crippen molar-refractivity contribution in [1.29, 1.82) is 0 Å². The third kappa shape index (κ3) is 16.8. The Morgan fingerprint density at radius 1 is 0.878 bits per heavy atom. The van der Waals surface area contributed by atoms with Crippen LogP contribution in [0.1, 0.15) is 138 Å². The number of fused-ring (bicyclic) bond motifs is 3. The first-order chi connectivity index (χ1) is 35.2. The van der Waals surface area contributed by atoms with Crippen molar-refractivity contribution in [2.75, 3.05) is 40.6 Å². The summed E-state index contributed by atoms with van der Waals surface area (Å²) in [7, 11) is 2.96. The Bertz CT molecular complexity index is 2030. The van der Waals surface area contributed by atoms with E-state index in [-0.39, 0.29) is 86.5 Å². The summed E-state index contributed by atoms with van der Waals surface area (Å²) >= 11 is 0. The number of hydrogen-bond acceptors (Lipinski definition) is 15. The predicted molar refractivity (Wildman–Crippen MR) is 274 cm³/mol. The lowest BCUT2D eigenvalue weighted by molar-refractivity contribution is -0.266. The Balaban J connectivity index is 1.46. The van der Waals surface area contributed by atoms with Crippen LogP contribution >= 0.6 is 0 Å². The van der Waals surface area contributed by atoms with Crippen molar-refractivity contribution in [2.24, 2.45) is 35.5 Å². The number of rotatable bonds is 12. The van der Waals surface area contributed by atoms with Crippen LogP contribution in [0.25, 0.3) is 0 Å². The number of esters is 1. The Kier molecular flexibility index (Phi) is 23.9. The smallest absolute Gasteiger partial charge is 0.329 e. The summed E-state index contributed by atoms with van der Waals surface area (Å²) in [5.41, 5.74) is 1.24. The van der Waals surface area contributed by atoms with E-state index in [1.165, 1.54) is 12.0 Å². The quantitative estimate of drug-likeness (QED) is 0.103. The summed E-state index contributed by atoms with van der Waals surface area (Å²) in [5, 5.41) is 32.8. The second-order valence-corrected chi connectivity index (χ2v) is 22.0. The first kappa shape index (κ1) is 60.9. The molecule has 16 atom stereocenters. The van der Waals surface area contributed by atoms with Crippen LogP contribution in [0.5, 0.6) is 0 Å². The lowest BCUT2D eigenvalue weighted by Gasteiger charge is -2.43. The minimum atomic E-state index is -2.47. The van der Waals surface area contributed by atoms with E-state index in [0.29, 0.717) is 76.6 Å². The number of piperidine rings is 1. The van der Waals surface area contributed by atoms with Crippen LogP contribution in [0, 0.1) is 35.5 Å². The van der Waals surface area contributed by atoms with Gasteiger partial charge in [-0.05, 0) is 113 Å². The Hall–Kier alpha value is -3.94. The predicted octanol–water partition coefficient (Wildman–Crippen LogP) is 6.84. The van der Waals surface area contributed by atoms with Crippen molar-refractivity contribution in [2.45, 2.75) is 199 Å². The number of cyclic esters (lactones) is 1. The standard InChI is InChI=1S/C57H87NO16/c1-34-15-11-10-12-16-35(2)47(72-33-43-22-25-70-43)31-42-20-18-40(7)57(67,74-42)54(64)55(65)58-24-14-13-17-44(58)56(66)73-48(37(4)29-41-19-21-46(49(30-41)68-8)71-26-23-50(60)61)32-45(59)36(3)28-39(6)52(63)53(69-9)51(62)38(5)27-34/h10-12,15-16,28,34,36-38,40-44,46-49,52-53,63,67H,13-14,17-27,29-33H2,1-9H3,(H,60,61)/b12-10+,15-11+,35-16+,39-28+. The monoisotopic (exact) mass is 1040 g/mol. The zero-order chi connectivity index (χ0) is 54.3. The van der Waals surface area contributed by atoms with Crippen molar-refractivity contribution in [1.82, 2.24) is 4.90 Å². The van der Waals surface area contributed by atoms with Crippen LogP contribution in [0.3, 0.4) is 0 Å². The zero-order valence-electron chi connectivity index (χ0n) is 45.4. The van der Waals surface area contributed by atoms with E-state index in [1.54, 1.807) is 34.0 Å². The van der Waals surface area contributed by atoms with Crippen LogP contribution in [0.4, 0.5) is 0 Å². The maximum atomic E-state index is 14.6. The number of carboxylic acid groups (broad SMARTS) is 1. The molecule has 4 fully saturated rings. The molecule has 74 heavy (non-hydrogen) atoms. The van der Waals surface area contributed by atoms with E-state index in [1.807, 2.05) is 58.1 Å². The minimum Gasteiger partial charge on any atom is -0.481 e. The summed E-state index contributed by atoms with van der Waals surface area (Å²) < 4.78 is 42.0. The highest BCUT2D eigenvalue weighted by atomic mass is 16.6. The van der Waals surface area contributed by atoms with E-state index < -0.39 is 83.7 Å². The number of carbonyl (C=O) groups excluding carboxylic acids is 5. The third-order valence-electron chi connectivity index (χ3n) is 16.1. The fourth-order valence-electron chi connectivity index (χ4n) is 11.1. The molecular formula is C57H87NO16. The van der Waals surface area contributed by atoms with Gasteiger partial charge in [-0.3, -0.25) is 24.0 Å². The van der Waals surface area contributed by atoms with Gasteiger partial charge in [0, 0.05) is 58.0 Å². The van der Waals surface area contributed by atoms with Crippen LogP contribution < -0.4 is 0 Å². The van der Waals surface area contributed by atoms with E-state index in [4.69, 9.17) is 38.3 Å². The number of ether oxygens (including phenoxy) is 7. The summed E-state index contributed by atoms with van der Waals surface area (Å²) in [6, 6.07) is -1.18. The first-order valence-corrected chi connectivity index (χ1v) is 27.2. The molecule has 4 aliphatic heterocycles. The number of carboxylic acids is 1. The maximum Gasteiger partial charge on any atom is 0.329 e. The molecule has 5 aliphatic rings. The highest BCUT2D eigenvalue weighted by Crippen LogP contribution is 2.38. The number of ketones is 3. The van der Waals surface area contributed by atoms with Gasteiger partial charge in [0.2, 0.25) is 5.79 Å². The van der Waals surface area contributed by atoms with Gasteiger partial charge in [0.1, 0.15) is 30.1 Å². The van der Waals surface area contributed by atoms with Crippen LogP contribution in [-0.4, -0.2) is 157 Å². The molecule has 0 aromatic rings. The van der Waals surface area contributed by atoms with Gasteiger partial charge in [0.05, 0.1) is 50.2 Å². The highest BCUT2D eigenvalue weighted by Gasteiger charge is 2.53. The Morgan fingerprint density at radius 2 is 1.62 bits per heavy atom. The fraction of sp³-hybridized carbons (Fsp3) is 0.754. The minimum absolute atomic E-state index is 0.00697. The molecule has 17 heteroatoms. The van der Waals surface area contributed by atoms with Gasteiger partial charge in [0.25, 0.3) is 11.7 Å². The van der Waals surface area contributed by atoms with Gasteiger partial charge >= 0.3 is 11.9 Å². The molecule has 5 rings (SSSR count). The van der Waals surface area contributed by atoms with Gasteiger partial charge in [-0.15, -0.1) is 0 Å². The molecule has 2 bridgehead atoms. The van der Waals surface area contributed by atoms with E-state index in [2.05, 4.69) is 0 Å². The average Bonchev–Trinajstić information content (AvgIpc) is 3.35. The van der Waals surface area contributed by atoms with Gasteiger partial charge in [-0.1, -0.05) is 71.1 Å². The summed E-state index contributed by atoms with van der Waals surface area (Å²) in [6.45, 7) is 13.8. The van der Waals surface area contributed by atoms with E-state index >= 15 is 0 Å². The third-order valence-corrected chi connectivity index (χ3v) is 16.1. The van der Waals surface area contributed by atoms with Crippen molar-refractivity contribution in [3.63, 3.8) is 0 Å². The molecule has 1 saturated carbocycles. The molecule has 4 heterocycles. The number of nitrogens with zero attached hydrogens (tertiary/aromatic N) is 1. The van der Waals surface area contributed by atoms with Gasteiger partial charge in [0.15, 0.2) is 5.78 Å². The summed E-state index contributed by atoms with van der Waals surface area (Å²) in [4.78, 5) is 83.9. The number of hydrogen-bond donors (Lipinski definition) is 3. The number of aliphatic carboxylic acids is 1. The fourth-order valence-corrected chi connectivity index (χ4v) is 11.1. The lowest BCUT2D eigenvalue weighted by atomic mass is 9.78. The number of allylic oxidation sites excluding steroid dienone is 6. The van der Waals surface area contributed by atoms with Crippen LogP contribution in [-0.2, 0) is 61.9 Å². The van der Waals surface area contributed by atoms with Crippen LogP contribution in [0.2, 0.25) is 0 Å². The highest BCUT2D eigenvalue weighted by molar-refractivity contribution is 6.39. The van der Waals surface area contributed by atoms with Crippen molar-refractivity contribution in [3.05, 3.63) is 47.6 Å². The molecule has 1 aliphatic carbocycles. The normalized spacial score (nSPS) is 38.8. The molecular weight excluding hydrogens is 955 g/mol. The topological polar surface area (TPSA) is 231 Å². The molecule has 17 nitrogen and oxygen atoms in total. The second-order valence-electron chi connectivity index (χ2n) is 22.0. The van der Waals surface area contributed by atoms with E-state index in [0.717, 1.165) is 12.0 Å². The molecule has 0 radical (unpaired) electrons. The van der Waals surface area contributed by atoms with Crippen molar-refractivity contribution < 1.29 is 77.2 Å². The molecule has 1 amide bonds. The summed E-state index contributed by atoms with van der Waals surface area (Å²) in [6.07, 6.45) is 11.8. The Labute approximate surface area is 438 Å². The van der Waals surface area contributed by atoms with Gasteiger partial charge in [-0.2, -0.15) is 0 Å². The van der Waals surface area contributed by atoms with E-state index in [9.17, 15) is 39.0 Å². The molecule has 0 aromatic heterocycles. The molecule has 0 aromatic carbocycles. The van der Waals surface area contributed by atoms with Crippen molar-refractivity contribution in [3.8, 4) is 0 Å². The molecule has 3 N–H and O–H groups in total. The largest absolute Gasteiger partial charge is 0.481 e. The molecule has 3 saturated heterocycles. The molecule has 416 valence electrons. The number of aliphatic hydroxyl groups excluding tert-OH is 1. The lowest BCUT2D eigenvalue weighted by Crippen LogP contribution is -2.61. The maximum absolute atomic E-state index is 14.6.